The summed E-state index contributed by atoms with van der Waals surface area (Å²) in [6.45, 7) is 9.09. The maximum atomic E-state index is 13.7. The molecule has 1 unspecified atom stereocenters. The van der Waals surface area contributed by atoms with Crippen LogP contribution in [-0.2, 0) is 4.79 Å². The Balaban J connectivity index is 1.56. The van der Waals surface area contributed by atoms with Crippen LogP contribution in [0.15, 0.2) is 24.3 Å². The van der Waals surface area contributed by atoms with E-state index in [0.717, 1.165) is 62.5 Å². The molecule has 1 atom stereocenters. The lowest BCUT2D eigenvalue weighted by molar-refractivity contribution is -0.142. The van der Waals surface area contributed by atoms with Crippen molar-refractivity contribution in [2.24, 2.45) is 5.92 Å². The van der Waals surface area contributed by atoms with Crippen molar-refractivity contribution < 1.29 is 9.59 Å². The van der Waals surface area contributed by atoms with Crippen LogP contribution >= 0.6 is 0 Å². The van der Waals surface area contributed by atoms with Gasteiger partial charge in [0.2, 0.25) is 5.91 Å². The molecule has 156 valence electrons. The third-order valence-corrected chi connectivity index (χ3v) is 7.60. The van der Waals surface area contributed by atoms with Crippen molar-refractivity contribution in [2.45, 2.75) is 63.5 Å². The standard InChI is InChI=1S/C24H33N3O2/c1-17(2)27-22(28)20-7-4-3-6-19(20)21(23(29)26-12-5-13-26)24(27)10-14-25(15-11-24)16-18-8-9-18/h3-4,6-7,17-18,21H,5,8-16H2,1-2H3. The van der Waals surface area contributed by atoms with Crippen molar-refractivity contribution in [2.75, 3.05) is 32.7 Å². The fraction of sp³-hybridized carbons (Fsp3) is 0.667. The SMILES string of the molecule is CC(C)N1C(=O)c2ccccc2C(C(=O)N2CCC2)C12CCN(CC1CC1)CC2. The fourth-order valence-electron chi connectivity index (χ4n) is 5.85. The van der Waals surface area contributed by atoms with E-state index in [0.29, 0.717) is 0 Å². The quantitative estimate of drug-likeness (QED) is 0.787. The largest absolute Gasteiger partial charge is 0.342 e. The first-order valence-electron chi connectivity index (χ1n) is 11.4. The Hall–Kier alpha value is -1.88. The van der Waals surface area contributed by atoms with Crippen molar-refractivity contribution in [1.82, 2.24) is 14.7 Å². The Morgan fingerprint density at radius 3 is 2.38 bits per heavy atom. The summed E-state index contributed by atoms with van der Waals surface area (Å²) < 4.78 is 0. The van der Waals surface area contributed by atoms with Crippen molar-refractivity contribution in [3.05, 3.63) is 35.4 Å². The van der Waals surface area contributed by atoms with Crippen LogP contribution in [0.4, 0.5) is 0 Å². The second-order valence-corrected chi connectivity index (χ2v) is 9.82. The van der Waals surface area contributed by atoms with Gasteiger partial charge in [-0.3, -0.25) is 9.59 Å². The van der Waals surface area contributed by atoms with E-state index in [9.17, 15) is 9.59 Å². The lowest BCUT2D eigenvalue weighted by Gasteiger charge is -2.57. The van der Waals surface area contributed by atoms with E-state index in [1.807, 2.05) is 29.2 Å². The van der Waals surface area contributed by atoms with Crippen LogP contribution in [0.5, 0.6) is 0 Å². The molecule has 5 heteroatoms. The average molecular weight is 396 g/mol. The molecule has 5 nitrogen and oxygen atoms in total. The highest BCUT2D eigenvalue weighted by Crippen LogP contribution is 2.49. The maximum Gasteiger partial charge on any atom is 0.254 e. The third kappa shape index (κ3) is 3.09. The number of hydrogen-bond donors (Lipinski definition) is 0. The van der Waals surface area contributed by atoms with Crippen LogP contribution in [0.1, 0.15) is 67.8 Å². The van der Waals surface area contributed by atoms with E-state index in [4.69, 9.17) is 0 Å². The minimum Gasteiger partial charge on any atom is -0.342 e. The van der Waals surface area contributed by atoms with E-state index in [-0.39, 0.29) is 23.8 Å². The smallest absolute Gasteiger partial charge is 0.254 e. The molecule has 2 saturated heterocycles. The molecule has 3 aliphatic heterocycles. The number of carbonyl (C=O) groups excluding carboxylic acids is 2. The first-order chi connectivity index (χ1) is 14.0. The maximum absolute atomic E-state index is 13.7. The van der Waals surface area contributed by atoms with Crippen molar-refractivity contribution >= 4 is 11.8 Å². The zero-order valence-corrected chi connectivity index (χ0v) is 17.8. The molecule has 0 radical (unpaired) electrons. The van der Waals surface area contributed by atoms with E-state index in [2.05, 4.69) is 23.6 Å². The van der Waals surface area contributed by atoms with Gasteiger partial charge in [0, 0.05) is 44.3 Å². The van der Waals surface area contributed by atoms with Gasteiger partial charge in [0.25, 0.3) is 5.91 Å². The molecule has 29 heavy (non-hydrogen) atoms. The highest BCUT2D eigenvalue weighted by molar-refractivity contribution is 6.02. The van der Waals surface area contributed by atoms with Gasteiger partial charge in [0.15, 0.2) is 0 Å². The number of hydrogen-bond acceptors (Lipinski definition) is 3. The van der Waals surface area contributed by atoms with Gasteiger partial charge in [-0.15, -0.1) is 0 Å². The second kappa shape index (κ2) is 7.12. The molecule has 4 aliphatic rings. The van der Waals surface area contributed by atoms with Crippen molar-refractivity contribution in [3.63, 3.8) is 0 Å². The van der Waals surface area contributed by atoms with E-state index < -0.39 is 5.54 Å². The Kier molecular flexibility index (Phi) is 4.69. The van der Waals surface area contributed by atoms with Crippen molar-refractivity contribution in [1.29, 1.82) is 0 Å². The zero-order chi connectivity index (χ0) is 20.2. The van der Waals surface area contributed by atoms with Crippen molar-refractivity contribution in [3.8, 4) is 0 Å². The molecule has 1 aromatic rings. The van der Waals surface area contributed by atoms with Crippen LogP contribution in [0.2, 0.25) is 0 Å². The molecule has 0 aromatic heterocycles. The normalized spacial score (nSPS) is 26.6. The minimum absolute atomic E-state index is 0.0810. The van der Waals surface area contributed by atoms with Gasteiger partial charge >= 0.3 is 0 Å². The minimum atomic E-state index is -0.397. The lowest BCUT2D eigenvalue weighted by atomic mass is 9.66. The molecule has 1 aromatic carbocycles. The number of carbonyl (C=O) groups is 2. The number of rotatable bonds is 4. The Bertz CT molecular complexity index is 804. The number of fused-ring (bicyclic) bond motifs is 1. The molecule has 3 fully saturated rings. The predicted octanol–water partition coefficient (Wildman–Crippen LogP) is 3.11. The monoisotopic (exact) mass is 395 g/mol. The molecule has 1 saturated carbocycles. The molecule has 3 heterocycles. The summed E-state index contributed by atoms with van der Waals surface area (Å²) in [5.41, 5.74) is 1.29. The van der Waals surface area contributed by atoms with Crippen LogP contribution < -0.4 is 0 Å². The third-order valence-electron chi connectivity index (χ3n) is 7.60. The summed E-state index contributed by atoms with van der Waals surface area (Å²) in [7, 11) is 0. The van der Waals surface area contributed by atoms with Crippen LogP contribution in [0, 0.1) is 5.92 Å². The first-order valence-corrected chi connectivity index (χ1v) is 11.4. The number of likely N-dealkylation sites (tertiary alicyclic amines) is 2. The average Bonchev–Trinajstić information content (AvgIpc) is 3.46. The number of nitrogens with zero attached hydrogens (tertiary/aromatic N) is 3. The number of benzene rings is 1. The van der Waals surface area contributed by atoms with Gasteiger partial charge in [-0.2, -0.15) is 0 Å². The molecule has 5 rings (SSSR count). The summed E-state index contributed by atoms with van der Waals surface area (Å²) in [5, 5.41) is 0. The Labute approximate surface area is 174 Å². The fourth-order valence-corrected chi connectivity index (χ4v) is 5.85. The molecule has 1 spiro atoms. The van der Waals surface area contributed by atoms with E-state index in [1.165, 1.54) is 19.4 Å². The lowest BCUT2D eigenvalue weighted by Crippen LogP contribution is -2.67. The van der Waals surface area contributed by atoms with Crippen LogP contribution in [-0.4, -0.2) is 70.8 Å². The van der Waals surface area contributed by atoms with Crippen LogP contribution in [0.25, 0.3) is 0 Å². The van der Waals surface area contributed by atoms with Gasteiger partial charge in [0.05, 0.1) is 11.5 Å². The topological polar surface area (TPSA) is 43.9 Å². The summed E-state index contributed by atoms with van der Waals surface area (Å²) in [4.78, 5) is 34.0. The zero-order valence-electron chi connectivity index (χ0n) is 17.8. The van der Waals surface area contributed by atoms with E-state index >= 15 is 0 Å². The van der Waals surface area contributed by atoms with E-state index in [1.54, 1.807) is 0 Å². The second-order valence-electron chi connectivity index (χ2n) is 9.82. The summed E-state index contributed by atoms with van der Waals surface area (Å²) in [5.74, 6) is 0.982. The number of piperidine rings is 1. The van der Waals surface area contributed by atoms with Gasteiger partial charge in [0.1, 0.15) is 0 Å². The predicted molar refractivity (Wildman–Crippen MR) is 113 cm³/mol. The summed E-state index contributed by atoms with van der Waals surface area (Å²) in [6.07, 6.45) is 5.60. The molecular weight excluding hydrogens is 362 g/mol. The van der Waals surface area contributed by atoms with Crippen LogP contribution in [0.3, 0.4) is 0 Å². The summed E-state index contributed by atoms with van der Waals surface area (Å²) >= 11 is 0. The van der Waals surface area contributed by atoms with Gasteiger partial charge < -0.3 is 14.7 Å². The highest BCUT2D eigenvalue weighted by Gasteiger charge is 2.57. The summed E-state index contributed by atoms with van der Waals surface area (Å²) in [6, 6.07) is 7.95. The highest BCUT2D eigenvalue weighted by atomic mass is 16.2. The molecule has 1 aliphatic carbocycles. The van der Waals surface area contributed by atoms with Gasteiger partial charge in [-0.25, -0.2) is 0 Å². The van der Waals surface area contributed by atoms with Gasteiger partial charge in [-0.05, 0) is 63.5 Å². The first kappa shape index (κ1) is 19.1. The molecular formula is C24H33N3O2. The molecule has 0 bridgehead atoms. The Morgan fingerprint density at radius 2 is 1.79 bits per heavy atom. The molecule has 2 amide bonds. The number of amides is 2. The molecule has 0 N–H and O–H groups in total. The Morgan fingerprint density at radius 1 is 1.10 bits per heavy atom. The van der Waals surface area contributed by atoms with Gasteiger partial charge in [-0.1, -0.05) is 18.2 Å².